The van der Waals surface area contributed by atoms with Crippen molar-refractivity contribution in [1.29, 1.82) is 0 Å². The van der Waals surface area contributed by atoms with Gasteiger partial charge in [-0.05, 0) is 26.8 Å². The van der Waals surface area contributed by atoms with E-state index < -0.39 is 0 Å². The van der Waals surface area contributed by atoms with Gasteiger partial charge >= 0.3 is 5.97 Å². The Morgan fingerprint density at radius 3 is 2.15 bits per heavy atom. The van der Waals surface area contributed by atoms with Gasteiger partial charge in [-0.1, -0.05) is 13.8 Å². The van der Waals surface area contributed by atoms with Crippen LogP contribution in [-0.2, 0) is 9.53 Å². The van der Waals surface area contributed by atoms with Crippen molar-refractivity contribution < 1.29 is 9.53 Å². The first-order chi connectivity index (χ1) is 6.14. The Balaban J connectivity index is 4.16. The Morgan fingerprint density at radius 1 is 1.31 bits per heavy atom. The Kier molecular flexibility index (Phi) is 5.71. The fourth-order valence-corrected chi connectivity index (χ4v) is 1.43. The number of carbonyl (C=O) groups excluding carboxylic acids is 1. The summed E-state index contributed by atoms with van der Waals surface area (Å²) in [6.45, 7) is 6.46. The number of hydrogen-bond donors (Lipinski definition) is 1. The maximum absolute atomic E-state index is 11.3. The van der Waals surface area contributed by atoms with Gasteiger partial charge < -0.3 is 10.1 Å². The van der Waals surface area contributed by atoms with Crippen LogP contribution in [-0.4, -0.2) is 25.2 Å². The Morgan fingerprint density at radius 2 is 1.85 bits per heavy atom. The van der Waals surface area contributed by atoms with Gasteiger partial charge in [-0.15, -0.1) is 0 Å². The van der Waals surface area contributed by atoms with Crippen LogP contribution in [0.2, 0.25) is 0 Å². The molecule has 0 aliphatic heterocycles. The van der Waals surface area contributed by atoms with Crippen LogP contribution in [0.1, 0.15) is 40.0 Å². The van der Waals surface area contributed by atoms with Gasteiger partial charge in [0.15, 0.2) is 0 Å². The van der Waals surface area contributed by atoms with Crippen LogP contribution < -0.4 is 5.32 Å². The Bertz CT molecular complexity index is 145. The summed E-state index contributed by atoms with van der Waals surface area (Å²) in [5, 5.41) is 3.20. The van der Waals surface area contributed by atoms with Crippen LogP contribution in [0.15, 0.2) is 0 Å². The topological polar surface area (TPSA) is 38.3 Å². The van der Waals surface area contributed by atoms with Crippen LogP contribution >= 0.6 is 0 Å². The molecule has 3 heteroatoms. The molecule has 78 valence electrons. The molecule has 0 aromatic rings. The molecule has 0 unspecified atom stereocenters. The van der Waals surface area contributed by atoms with Gasteiger partial charge in [-0.25, -0.2) is 0 Å². The zero-order valence-electron chi connectivity index (χ0n) is 9.14. The highest BCUT2D eigenvalue weighted by Crippen LogP contribution is 2.19. The molecule has 0 spiro atoms. The van der Waals surface area contributed by atoms with Gasteiger partial charge in [-0.3, -0.25) is 4.79 Å². The summed E-state index contributed by atoms with van der Waals surface area (Å²) in [5.41, 5.74) is -0.0771. The lowest BCUT2D eigenvalue weighted by Crippen LogP contribution is -2.43. The van der Waals surface area contributed by atoms with Crippen molar-refractivity contribution >= 4 is 5.97 Å². The third-order valence-electron chi connectivity index (χ3n) is 2.67. The van der Waals surface area contributed by atoms with Gasteiger partial charge in [0.1, 0.15) is 0 Å². The summed E-state index contributed by atoms with van der Waals surface area (Å²) < 4.78 is 4.92. The largest absolute Gasteiger partial charge is 0.466 e. The fraction of sp³-hybridized carbons (Fsp3) is 0.900. The van der Waals surface area contributed by atoms with Gasteiger partial charge in [0.25, 0.3) is 0 Å². The first kappa shape index (κ1) is 12.4. The number of carbonyl (C=O) groups is 1. The molecule has 0 aromatic heterocycles. The maximum atomic E-state index is 11.3. The van der Waals surface area contributed by atoms with E-state index in [4.69, 9.17) is 4.74 Å². The average molecular weight is 187 g/mol. The van der Waals surface area contributed by atoms with E-state index in [-0.39, 0.29) is 11.5 Å². The summed E-state index contributed by atoms with van der Waals surface area (Å²) in [7, 11) is 1.90. The molecule has 0 saturated carbocycles. The fourth-order valence-electron chi connectivity index (χ4n) is 1.43. The normalized spacial score (nSPS) is 11.4. The SMILES string of the molecule is CCOC(=O)CC(CC)(CC)NC. The molecule has 0 bridgehead atoms. The lowest BCUT2D eigenvalue weighted by molar-refractivity contribution is -0.145. The maximum Gasteiger partial charge on any atom is 0.307 e. The van der Waals surface area contributed by atoms with Crippen molar-refractivity contribution in [3.8, 4) is 0 Å². The van der Waals surface area contributed by atoms with Crippen molar-refractivity contribution in [2.24, 2.45) is 0 Å². The molecule has 0 aromatic carbocycles. The quantitative estimate of drug-likeness (QED) is 0.643. The van der Waals surface area contributed by atoms with Crippen LogP contribution in [0.4, 0.5) is 0 Å². The van der Waals surface area contributed by atoms with E-state index in [1.54, 1.807) is 0 Å². The van der Waals surface area contributed by atoms with Crippen LogP contribution in [0, 0.1) is 0 Å². The molecule has 0 fully saturated rings. The molecule has 0 aliphatic rings. The first-order valence-corrected chi connectivity index (χ1v) is 4.98. The molecule has 0 rings (SSSR count). The third kappa shape index (κ3) is 3.77. The molecule has 0 radical (unpaired) electrons. The van der Waals surface area contributed by atoms with Crippen molar-refractivity contribution in [3.05, 3.63) is 0 Å². The number of ether oxygens (including phenoxy) is 1. The smallest absolute Gasteiger partial charge is 0.307 e. The molecule has 13 heavy (non-hydrogen) atoms. The average Bonchev–Trinajstić information content (AvgIpc) is 2.15. The predicted octanol–water partition coefficient (Wildman–Crippen LogP) is 1.72. The second kappa shape index (κ2) is 5.97. The minimum absolute atomic E-state index is 0.0771. The second-order valence-electron chi connectivity index (χ2n) is 3.22. The van der Waals surface area contributed by atoms with E-state index in [1.807, 2.05) is 14.0 Å². The second-order valence-corrected chi connectivity index (χ2v) is 3.22. The lowest BCUT2D eigenvalue weighted by Gasteiger charge is -2.30. The van der Waals surface area contributed by atoms with Gasteiger partial charge in [0.2, 0.25) is 0 Å². The van der Waals surface area contributed by atoms with E-state index in [1.165, 1.54) is 0 Å². The predicted molar refractivity (Wildman–Crippen MR) is 53.6 cm³/mol. The molecule has 1 N–H and O–H groups in total. The van der Waals surface area contributed by atoms with E-state index in [9.17, 15) is 4.79 Å². The van der Waals surface area contributed by atoms with Gasteiger partial charge in [0.05, 0.1) is 13.0 Å². The highest BCUT2D eigenvalue weighted by atomic mass is 16.5. The van der Waals surface area contributed by atoms with Crippen molar-refractivity contribution in [3.63, 3.8) is 0 Å². The van der Waals surface area contributed by atoms with E-state index in [0.717, 1.165) is 12.8 Å². The standard InChI is InChI=1S/C10H21NO2/c1-5-10(6-2,11-4)8-9(12)13-7-3/h11H,5-8H2,1-4H3. The molecule has 0 aliphatic carbocycles. The Hall–Kier alpha value is -0.570. The zero-order valence-corrected chi connectivity index (χ0v) is 9.14. The monoisotopic (exact) mass is 187 g/mol. The summed E-state index contributed by atoms with van der Waals surface area (Å²) in [6, 6.07) is 0. The molecule has 3 nitrogen and oxygen atoms in total. The first-order valence-electron chi connectivity index (χ1n) is 4.98. The van der Waals surface area contributed by atoms with Crippen molar-refractivity contribution in [2.75, 3.05) is 13.7 Å². The van der Waals surface area contributed by atoms with E-state index in [0.29, 0.717) is 13.0 Å². The summed E-state index contributed by atoms with van der Waals surface area (Å²) in [5.74, 6) is -0.111. The number of nitrogens with one attached hydrogen (secondary N) is 1. The van der Waals surface area contributed by atoms with Crippen LogP contribution in [0.3, 0.4) is 0 Å². The minimum atomic E-state index is -0.111. The van der Waals surface area contributed by atoms with Crippen molar-refractivity contribution in [2.45, 2.75) is 45.6 Å². The van der Waals surface area contributed by atoms with Crippen LogP contribution in [0.5, 0.6) is 0 Å². The third-order valence-corrected chi connectivity index (χ3v) is 2.67. The van der Waals surface area contributed by atoms with E-state index in [2.05, 4.69) is 19.2 Å². The molecule has 0 atom stereocenters. The molecule has 0 amide bonds. The van der Waals surface area contributed by atoms with E-state index >= 15 is 0 Å². The van der Waals surface area contributed by atoms with Gasteiger partial charge in [-0.2, -0.15) is 0 Å². The summed E-state index contributed by atoms with van der Waals surface area (Å²) in [6.07, 6.45) is 2.35. The molecular weight excluding hydrogens is 166 g/mol. The number of esters is 1. The summed E-state index contributed by atoms with van der Waals surface area (Å²) in [4.78, 5) is 11.3. The zero-order chi connectivity index (χ0) is 10.3. The van der Waals surface area contributed by atoms with Crippen LogP contribution in [0.25, 0.3) is 0 Å². The number of rotatable bonds is 6. The minimum Gasteiger partial charge on any atom is -0.466 e. The highest BCUT2D eigenvalue weighted by Gasteiger charge is 2.27. The molecular formula is C10H21NO2. The van der Waals surface area contributed by atoms with Gasteiger partial charge in [0, 0.05) is 5.54 Å². The number of hydrogen-bond acceptors (Lipinski definition) is 3. The molecule has 0 saturated heterocycles. The summed E-state index contributed by atoms with van der Waals surface area (Å²) >= 11 is 0. The molecule has 0 heterocycles. The lowest BCUT2D eigenvalue weighted by atomic mass is 9.89. The van der Waals surface area contributed by atoms with Crippen molar-refractivity contribution in [1.82, 2.24) is 5.32 Å². The highest BCUT2D eigenvalue weighted by molar-refractivity contribution is 5.70. The Labute approximate surface area is 80.8 Å².